The zero-order chi connectivity index (χ0) is 19.8. The quantitative estimate of drug-likeness (QED) is 0.852. The first kappa shape index (κ1) is 18.4. The largest absolute Gasteiger partial charge is 0.335 e. The molecule has 6 nitrogen and oxygen atoms in total. The van der Waals surface area contributed by atoms with Crippen molar-refractivity contribution in [2.75, 3.05) is 13.1 Å². The summed E-state index contributed by atoms with van der Waals surface area (Å²) in [5.41, 5.74) is 3.22. The van der Waals surface area contributed by atoms with Crippen LogP contribution in [0.15, 0.2) is 41.5 Å². The first-order valence-corrected chi connectivity index (χ1v) is 10.9. The minimum absolute atomic E-state index is 0.0578. The average molecular weight is 393 g/mol. The first-order chi connectivity index (χ1) is 14.2. The van der Waals surface area contributed by atoms with Crippen LogP contribution in [0.25, 0.3) is 11.1 Å². The number of piperidine rings is 1. The van der Waals surface area contributed by atoms with Gasteiger partial charge in [-0.3, -0.25) is 9.78 Å². The van der Waals surface area contributed by atoms with Crippen LogP contribution in [-0.4, -0.2) is 39.6 Å². The predicted octanol–water partition coefficient (Wildman–Crippen LogP) is 3.37. The molecule has 0 aromatic carbocycles. The van der Waals surface area contributed by atoms with E-state index >= 15 is 0 Å². The highest BCUT2D eigenvalue weighted by Crippen LogP contribution is 2.39. The molecule has 5 rings (SSSR count). The Labute approximate surface area is 170 Å². The fourth-order valence-electron chi connectivity index (χ4n) is 5.46. The molecule has 1 saturated carbocycles. The molecule has 2 aliphatic heterocycles. The van der Waals surface area contributed by atoms with Crippen LogP contribution in [0.2, 0.25) is 0 Å². The van der Waals surface area contributed by atoms with Gasteiger partial charge >= 0.3 is 6.03 Å². The third-order valence-corrected chi connectivity index (χ3v) is 6.78. The summed E-state index contributed by atoms with van der Waals surface area (Å²) in [6.07, 6.45) is 10.5. The Hall–Kier alpha value is -2.63. The molecular formula is C23H28N4O2. The number of nitrogens with zero attached hydrogens (tertiary/aromatic N) is 3. The molecule has 2 fully saturated rings. The lowest BCUT2D eigenvalue weighted by Gasteiger charge is -2.44. The van der Waals surface area contributed by atoms with Crippen molar-refractivity contribution in [3.8, 4) is 11.1 Å². The van der Waals surface area contributed by atoms with Crippen LogP contribution in [-0.2, 0) is 6.54 Å². The van der Waals surface area contributed by atoms with Gasteiger partial charge in [0.2, 0.25) is 0 Å². The van der Waals surface area contributed by atoms with Crippen LogP contribution in [0, 0.1) is 5.92 Å². The molecule has 2 aromatic rings. The number of aromatic nitrogens is 2. The number of carbonyl (C=O) groups excluding carboxylic acids is 1. The van der Waals surface area contributed by atoms with Crippen LogP contribution in [0.3, 0.4) is 0 Å². The maximum Gasteiger partial charge on any atom is 0.317 e. The number of amides is 2. The van der Waals surface area contributed by atoms with Crippen molar-refractivity contribution < 1.29 is 4.79 Å². The van der Waals surface area contributed by atoms with Crippen molar-refractivity contribution in [1.82, 2.24) is 19.8 Å². The molecule has 152 valence electrons. The Kier molecular flexibility index (Phi) is 4.86. The molecule has 0 radical (unpaired) electrons. The van der Waals surface area contributed by atoms with Crippen LogP contribution in [0.4, 0.5) is 4.79 Å². The smallest absolute Gasteiger partial charge is 0.317 e. The van der Waals surface area contributed by atoms with E-state index in [1.807, 2.05) is 33.9 Å². The number of rotatable bonds is 2. The van der Waals surface area contributed by atoms with E-state index in [0.717, 1.165) is 42.6 Å². The Bertz CT molecular complexity index is 949. The minimum atomic E-state index is 0.0578. The number of hydrogen-bond acceptors (Lipinski definition) is 3. The van der Waals surface area contributed by atoms with Gasteiger partial charge in [0.1, 0.15) is 0 Å². The van der Waals surface area contributed by atoms with Crippen molar-refractivity contribution in [3.63, 3.8) is 0 Å². The van der Waals surface area contributed by atoms with Gasteiger partial charge in [-0.1, -0.05) is 25.3 Å². The standard InChI is InChI=1S/C23H28N4O2/c28-21-9-8-20(17-5-4-10-24-12-17)22-18-11-16(14-27(21)22)13-26(15-18)23(29)25-19-6-2-1-3-7-19/h4-5,8-10,12,16,18-19H,1-3,6-7,11,13-15H2,(H,25,29). The molecule has 2 bridgehead atoms. The number of urea groups is 1. The van der Waals surface area contributed by atoms with E-state index in [1.54, 1.807) is 12.3 Å². The fraction of sp³-hybridized carbons (Fsp3) is 0.522. The van der Waals surface area contributed by atoms with Crippen molar-refractivity contribution in [2.24, 2.45) is 5.92 Å². The predicted molar refractivity (Wildman–Crippen MR) is 112 cm³/mol. The zero-order valence-corrected chi connectivity index (χ0v) is 16.7. The summed E-state index contributed by atoms with van der Waals surface area (Å²) in [5, 5.41) is 3.27. The van der Waals surface area contributed by atoms with E-state index in [1.165, 1.54) is 19.3 Å². The van der Waals surface area contributed by atoms with E-state index in [0.29, 0.717) is 25.0 Å². The molecular weight excluding hydrogens is 364 g/mol. The molecule has 2 aromatic heterocycles. The monoisotopic (exact) mass is 392 g/mol. The van der Waals surface area contributed by atoms with Crippen LogP contribution in [0.1, 0.15) is 50.1 Å². The molecule has 2 atom stereocenters. The van der Waals surface area contributed by atoms with Gasteiger partial charge in [0, 0.05) is 66.9 Å². The topological polar surface area (TPSA) is 67.2 Å². The zero-order valence-electron chi connectivity index (χ0n) is 16.7. The molecule has 3 aliphatic rings. The Morgan fingerprint density at radius 1 is 1.07 bits per heavy atom. The van der Waals surface area contributed by atoms with Gasteiger partial charge in [0.25, 0.3) is 5.56 Å². The third-order valence-electron chi connectivity index (χ3n) is 6.78. The summed E-state index contributed by atoms with van der Waals surface area (Å²) in [4.78, 5) is 31.8. The summed E-state index contributed by atoms with van der Waals surface area (Å²) in [6, 6.07) is 7.94. The van der Waals surface area contributed by atoms with Gasteiger partial charge < -0.3 is 14.8 Å². The summed E-state index contributed by atoms with van der Waals surface area (Å²) >= 11 is 0. The summed E-state index contributed by atoms with van der Waals surface area (Å²) < 4.78 is 1.94. The number of carbonyl (C=O) groups is 1. The first-order valence-electron chi connectivity index (χ1n) is 10.9. The molecule has 4 heterocycles. The molecule has 1 aliphatic carbocycles. The molecule has 2 amide bonds. The summed E-state index contributed by atoms with van der Waals surface area (Å²) in [6.45, 7) is 2.09. The normalized spacial score (nSPS) is 24.1. The highest BCUT2D eigenvalue weighted by atomic mass is 16.2. The third kappa shape index (κ3) is 3.56. The van der Waals surface area contributed by atoms with Crippen molar-refractivity contribution in [2.45, 2.75) is 57.0 Å². The van der Waals surface area contributed by atoms with E-state index in [2.05, 4.69) is 10.3 Å². The maximum atomic E-state index is 13.0. The molecule has 1 saturated heterocycles. The Balaban J connectivity index is 1.43. The van der Waals surface area contributed by atoms with E-state index in [-0.39, 0.29) is 17.5 Å². The van der Waals surface area contributed by atoms with Crippen molar-refractivity contribution in [3.05, 3.63) is 52.7 Å². The second kappa shape index (κ2) is 7.65. The van der Waals surface area contributed by atoms with Gasteiger partial charge in [-0.05, 0) is 37.3 Å². The lowest BCUT2D eigenvalue weighted by Crippen LogP contribution is -2.53. The van der Waals surface area contributed by atoms with E-state index in [4.69, 9.17) is 0 Å². The average Bonchev–Trinajstić information content (AvgIpc) is 2.75. The van der Waals surface area contributed by atoms with E-state index in [9.17, 15) is 9.59 Å². The second-order valence-corrected chi connectivity index (χ2v) is 8.81. The van der Waals surface area contributed by atoms with Crippen molar-refractivity contribution in [1.29, 1.82) is 0 Å². The lowest BCUT2D eigenvalue weighted by molar-refractivity contribution is 0.127. The van der Waals surface area contributed by atoms with Crippen LogP contribution in [0.5, 0.6) is 0 Å². The van der Waals surface area contributed by atoms with Crippen LogP contribution < -0.4 is 10.9 Å². The number of pyridine rings is 2. The fourth-order valence-corrected chi connectivity index (χ4v) is 5.46. The number of likely N-dealkylation sites (tertiary alicyclic amines) is 1. The van der Waals surface area contributed by atoms with Gasteiger partial charge in [0.15, 0.2) is 0 Å². The molecule has 0 spiro atoms. The van der Waals surface area contributed by atoms with Gasteiger partial charge in [-0.15, -0.1) is 0 Å². The van der Waals surface area contributed by atoms with Crippen LogP contribution >= 0.6 is 0 Å². The molecule has 29 heavy (non-hydrogen) atoms. The second-order valence-electron chi connectivity index (χ2n) is 8.81. The Morgan fingerprint density at radius 3 is 2.72 bits per heavy atom. The van der Waals surface area contributed by atoms with E-state index < -0.39 is 0 Å². The van der Waals surface area contributed by atoms with Gasteiger partial charge in [-0.25, -0.2) is 4.79 Å². The molecule has 1 N–H and O–H groups in total. The highest BCUT2D eigenvalue weighted by Gasteiger charge is 2.38. The minimum Gasteiger partial charge on any atom is -0.335 e. The number of fused-ring (bicyclic) bond motifs is 4. The molecule has 2 unspecified atom stereocenters. The number of nitrogens with one attached hydrogen (secondary N) is 1. The summed E-state index contributed by atoms with van der Waals surface area (Å²) in [5.74, 6) is 0.518. The molecule has 6 heteroatoms. The van der Waals surface area contributed by atoms with Gasteiger partial charge in [-0.2, -0.15) is 0 Å². The SMILES string of the molecule is O=C(NC1CCCCC1)N1CC2CC(C1)c1c(-c3cccnc3)ccc(=O)n1C2. The van der Waals surface area contributed by atoms with Gasteiger partial charge in [0.05, 0.1) is 0 Å². The van der Waals surface area contributed by atoms with Crippen molar-refractivity contribution >= 4 is 6.03 Å². The Morgan fingerprint density at radius 2 is 1.93 bits per heavy atom. The summed E-state index contributed by atoms with van der Waals surface area (Å²) in [7, 11) is 0. The number of hydrogen-bond donors (Lipinski definition) is 1. The highest BCUT2D eigenvalue weighted by molar-refractivity contribution is 5.75. The maximum absolute atomic E-state index is 13.0. The lowest BCUT2D eigenvalue weighted by atomic mass is 9.80.